The van der Waals surface area contributed by atoms with E-state index in [9.17, 15) is 13.2 Å². The van der Waals surface area contributed by atoms with Crippen LogP contribution in [0, 0.1) is 5.92 Å². The standard InChI is InChI=1S/C13H22N2O5S2/c1-8(2)5-9(7-14)15-22(17,18)13-10(19-3)6-11(21-13)12(16)20-4/h6,8-9,15H,5,7,14H2,1-4H3. The molecule has 1 rings (SSSR count). The summed E-state index contributed by atoms with van der Waals surface area (Å²) in [6, 6.07) is 0.976. The van der Waals surface area contributed by atoms with E-state index in [0.29, 0.717) is 12.3 Å². The van der Waals surface area contributed by atoms with Gasteiger partial charge in [-0.05, 0) is 12.3 Å². The van der Waals surface area contributed by atoms with Crippen molar-refractivity contribution >= 4 is 27.3 Å². The Kier molecular flexibility index (Phi) is 6.79. The molecule has 0 aromatic carbocycles. The zero-order valence-electron chi connectivity index (χ0n) is 13.1. The van der Waals surface area contributed by atoms with Crippen molar-refractivity contribution in [3.8, 4) is 5.75 Å². The van der Waals surface area contributed by atoms with Crippen LogP contribution in [0.15, 0.2) is 10.3 Å². The van der Waals surface area contributed by atoms with Crippen LogP contribution in [-0.4, -0.2) is 41.2 Å². The molecule has 22 heavy (non-hydrogen) atoms. The van der Waals surface area contributed by atoms with Crippen molar-refractivity contribution in [2.45, 2.75) is 30.5 Å². The molecule has 126 valence electrons. The molecule has 7 nitrogen and oxygen atoms in total. The number of methoxy groups -OCH3 is 2. The molecule has 1 aromatic heterocycles. The second kappa shape index (κ2) is 7.91. The van der Waals surface area contributed by atoms with Crippen molar-refractivity contribution < 1.29 is 22.7 Å². The summed E-state index contributed by atoms with van der Waals surface area (Å²) in [4.78, 5) is 11.7. The average Bonchev–Trinajstić information content (AvgIpc) is 2.90. The van der Waals surface area contributed by atoms with Crippen LogP contribution in [0.3, 0.4) is 0 Å². The maximum atomic E-state index is 12.5. The predicted octanol–water partition coefficient (Wildman–Crippen LogP) is 1.19. The van der Waals surface area contributed by atoms with Crippen LogP contribution in [0.4, 0.5) is 0 Å². The van der Waals surface area contributed by atoms with Gasteiger partial charge in [-0.1, -0.05) is 13.8 Å². The highest BCUT2D eigenvalue weighted by atomic mass is 32.2. The summed E-state index contributed by atoms with van der Waals surface area (Å²) in [7, 11) is -1.25. The Bertz CT molecular complexity index is 610. The minimum absolute atomic E-state index is 0.0578. The fourth-order valence-electron chi connectivity index (χ4n) is 1.92. The average molecular weight is 350 g/mol. The zero-order valence-corrected chi connectivity index (χ0v) is 14.7. The van der Waals surface area contributed by atoms with Crippen LogP contribution in [-0.2, 0) is 14.8 Å². The first-order chi connectivity index (χ1) is 10.2. The molecular formula is C13H22N2O5S2. The second-order valence-electron chi connectivity index (χ2n) is 5.14. The molecule has 3 N–H and O–H groups in total. The highest BCUT2D eigenvalue weighted by Crippen LogP contribution is 2.34. The van der Waals surface area contributed by atoms with Crippen LogP contribution in [0.2, 0.25) is 0 Å². The lowest BCUT2D eigenvalue weighted by molar-refractivity contribution is 0.0606. The van der Waals surface area contributed by atoms with Crippen LogP contribution in [0.5, 0.6) is 5.75 Å². The van der Waals surface area contributed by atoms with Gasteiger partial charge >= 0.3 is 5.97 Å². The Morgan fingerprint density at radius 3 is 2.50 bits per heavy atom. The number of ether oxygens (including phenoxy) is 2. The number of thiophene rings is 1. The summed E-state index contributed by atoms with van der Waals surface area (Å²) in [6.07, 6.45) is 0.618. The van der Waals surface area contributed by atoms with Gasteiger partial charge in [0.2, 0.25) is 0 Å². The Hall–Kier alpha value is -1.16. The number of carbonyl (C=O) groups excluding carboxylic acids is 1. The summed E-state index contributed by atoms with van der Waals surface area (Å²) in [5.74, 6) is -0.201. The van der Waals surface area contributed by atoms with E-state index in [2.05, 4.69) is 9.46 Å². The summed E-state index contributed by atoms with van der Waals surface area (Å²) in [6.45, 7) is 4.16. The SMILES string of the molecule is COC(=O)c1cc(OC)c(S(=O)(=O)NC(CN)CC(C)C)s1. The molecule has 9 heteroatoms. The van der Waals surface area contributed by atoms with Crippen LogP contribution >= 0.6 is 11.3 Å². The van der Waals surface area contributed by atoms with Crippen molar-refractivity contribution in [1.82, 2.24) is 4.72 Å². The molecule has 0 spiro atoms. The molecule has 1 atom stereocenters. The van der Waals surface area contributed by atoms with Crippen molar-refractivity contribution in [2.75, 3.05) is 20.8 Å². The first kappa shape index (κ1) is 18.9. The number of carbonyl (C=O) groups is 1. The molecular weight excluding hydrogens is 328 g/mol. The minimum atomic E-state index is -3.83. The smallest absolute Gasteiger partial charge is 0.348 e. The first-order valence-electron chi connectivity index (χ1n) is 6.73. The fourth-order valence-corrected chi connectivity index (χ4v) is 4.70. The lowest BCUT2D eigenvalue weighted by Crippen LogP contribution is -2.40. The molecule has 0 amide bonds. The third-order valence-electron chi connectivity index (χ3n) is 2.88. The third-order valence-corrected chi connectivity index (χ3v) is 6.01. The molecule has 0 aliphatic heterocycles. The minimum Gasteiger partial charge on any atom is -0.494 e. The molecule has 1 aromatic rings. The number of hydrogen-bond donors (Lipinski definition) is 2. The fraction of sp³-hybridized carbons (Fsp3) is 0.615. The van der Waals surface area contributed by atoms with E-state index in [-0.39, 0.29) is 27.4 Å². The van der Waals surface area contributed by atoms with E-state index in [1.54, 1.807) is 0 Å². The van der Waals surface area contributed by atoms with Gasteiger partial charge < -0.3 is 15.2 Å². The van der Waals surface area contributed by atoms with Crippen molar-refractivity contribution in [3.63, 3.8) is 0 Å². The van der Waals surface area contributed by atoms with Gasteiger partial charge in [-0.25, -0.2) is 17.9 Å². The van der Waals surface area contributed by atoms with Gasteiger partial charge in [-0.2, -0.15) is 0 Å². The highest BCUT2D eigenvalue weighted by Gasteiger charge is 2.28. The lowest BCUT2D eigenvalue weighted by Gasteiger charge is -2.18. The Labute approximate surface area is 134 Å². The number of nitrogens with two attached hydrogens (primary N) is 1. The van der Waals surface area contributed by atoms with Gasteiger partial charge in [-0.15, -0.1) is 11.3 Å². The second-order valence-corrected chi connectivity index (χ2v) is 8.10. The van der Waals surface area contributed by atoms with Crippen molar-refractivity contribution in [3.05, 3.63) is 10.9 Å². The molecule has 0 aliphatic rings. The van der Waals surface area contributed by atoms with E-state index in [1.165, 1.54) is 20.3 Å². The molecule has 0 saturated heterocycles. The van der Waals surface area contributed by atoms with Crippen LogP contribution in [0.25, 0.3) is 0 Å². The first-order valence-corrected chi connectivity index (χ1v) is 9.03. The van der Waals surface area contributed by atoms with Gasteiger partial charge in [0.15, 0.2) is 9.96 Å². The predicted molar refractivity (Wildman–Crippen MR) is 84.8 cm³/mol. The van der Waals surface area contributed by atoms with Gasteiger partial charge in [-0.3, -0.25) is 0 Å². The quantitative estimate of drug-likeness (QED) is 0.682. The zero-order chi connectivity index (χ0) is 16.9. The topological polar surface area (TPSA) is 108 Å². The Morgan fingerprint density at radius 2 is 2.05 bits per heavy atom. The van der Waals surface area contributed by atoms with Crippen molar-refractivity contribution in [2.24, 2.45) is 11.7 Å². The Balaban J connectivity index is 3.11. The monoisotopic (exact) mass is 350 g/mol. The van der Waals surface area contributed by atoms with Gasteiger partial charge in [0.05, 0.1) is 14.2 Å². The van der Waals surface area contributed by atoms with Crippen LogP contribution < -0.4 is 15.2 Å². The van der Waals surface area contributed by atoms with E-state index in [1.807, 2.05) is 13.8 Å². The molecule has 1 heterocycles. The molecule has 0 bridgehead atoms. The van der Waals surface area contributed by atoms with Gasteiger partial charge in [0, 0.05) is 18.7 Å². The lowest BCUT2D eigenvalue weighted by atomic mass is 10.1. The van der Waals surface area contributed by atoms with E-state index < -0.39 is 16.0 Å². The van der Waals surface area contributed by atoms with E-state index in [4.69, 9.17) is 10.5 Å². The maximum absolute atomic E-state index is 12.5. The Morgan fingerprint density at radius 1 is 1.41 bits per heavy atom. The molecule has 1 unspecified atom stereocenters. The van der Waals surface area contributed by atoms with Gasteiger partial charge in [0.1, 0.15) is 4.88 Å². The van der Waals surface area contributed by atoms with E-state index >= 15 is 0 Å². The maximum Gasteiger partial charge on any atom is 0.348 e. The normalized spacial score (nSPS) is 13.2. The summed E-state index contributed by atoms with van der Waals surface area (Å²) in [5.41, 5.74) is 5.62. The number of esters is 1. The molecule has 0 fully saturated rings. The summed E-state index contributed by atoms with van der Waals surface area (Å²) >= 11 is 0.804. The number of sulfonamides is 1. The summed E-state index contributed by atoms with van der Waals surface area (Å²) in [5, 5.41) is 0. The summed E-state index contributed by atoms with van der Waals surface area (Å²) < 4.78 is 37.2. The largest absolute Gasteiger partial charge is 0.494 e. The number of hydrogen-bond acceptors (Lipinski definition) is 7. The van der Waals surface area contributed by atoms with Crippen molar-refractivity contribution in [1.29, 1.82) is 0 Å². The highest BCUT2D eigenvalue weighted by molar-refractivity contribution is 7.91. The number of nitrogens with one attached hydrogen (secondary N) is 1. The number of rotatable bonds is 8. The third kappa shape index (κ3) is 4.67. The molecule has 0 radical (unpaired) electrons. The molecule has 0 aliphatic carbocycles. The van der Waals surface area contributed by atoms with Crippen LogP contribution in [0.1, 0.15) is 29.9 Å². The molecule has 0 saturated carbocycles. The van der Waals surface area contributed by atoms with E-state index in [0.717, 1.165) is 11.3 Å². The van der Waals surface area contributed by atoms with Gasteiger partial charge in [0.25, 0.3) is 10.0 Å².